The molecule has 0 unspecified atom stereocenters. The lowest BCUT2D eigenvalue weighted by Gasteiger charge is -2.25. The average Bonchev–Trinajstić information content (AvgIpc) is 3.18. The number of sulfone groups is 1. The Balaban J connectivity index is 1.35. The molecule has 1 aliphatic carbocycles. The summed E-state index contributed by atoms with van der Waals surface area (Å²) in [6.45, 7) is 5.46. The number of amides is 1. The third kappa shape index (κ3) is 3.31. The zero-order valence-electron chi connectivity index (χ0n) is 20.3. The van der Waals surface area contributed by atoms with Gasteiger partial charge in [-0.2, -0.15) is 5.10 Å². The van der Waals surface area contributed by atoms with Gasteiger partial charge in [-0.05, 0) is 78.4 Å². The van der Waals surface area contributed by atoms with Gasteiger partial charge in [0.15, 0.2) is 9.84 Å². The predicted molar refractivity (Wildman–Crippen MR) is 136 cm³/mol. The molecule has 1 aliphatic heterocycles. The van der Waals surface area contributed by atoms with Crippen molar-refractivity contribution < 1.29 is 17.6 Å². The van der Waals surface area contributed by atoms with Crippen molar-refractivity contribution >= 4 is 26.6 Å². The van der Waals surface area contributed by atoms with Gasteiger partial charge in [-0.15, -0.1) is 0 Å². The maximum Gasteiger partial charge on any atom is 0.255 e. The van der Waals surface area contributed by atoms with Crippen LogP contribution < -0.4 is 0 Å². The van der Waals surface area contributed by atoms with Gasteiger partial charge < -0.3 is 4.90 Å². The first-order chi connectivity index (χ1) is 17.1. The number of rotatable bonds is 4. The van der Waals surface area contributed by atoms with Crippen molar-refractivity contribution in [2.24, 2.45) is 11.8 Å². The van der Waals surface area contributed by atoms with Crippen LogP contribution in [0.5, 0.6) is 0 Å². The third-order valence-corrected chi connectivity index (χ3v) is 9.28. The van der Waals surface area contributed by atoms with Gasteiger partial charge >= 0.3 is 0 Å². The zero-order chi connectivity index (χ0) is 25.4. The van der Waals surface area contributed by atoms with Crippen LogP contribution in [0, 0.1) is 24.6 Å². The van der Waals surface area contributed by atoms with Crippen molar-refractivity contribution in [1.82, 2.24) is 14.7 Å². The monoisotopic (exact) mass is 503 g/mol. The van der Waals surface area contributed by atoms with Crippen LogP contribution in [0.4, 0.5) is 4.39 Å². The van der Waals surface area contributed by atoms with Crippen LogP contribution in [0.2, 0.25) is 0 Å². The summed E-state index contributed by atoms with van der Waals surface area (Å²) in [6.07, 6.45) is 2.95. The minimum atomic E-state index is -3.52. The summed E-state index contributed by atoms with van der Waals surface area (Å²) < 4.78 is 39.8. The molecule has 1 amide bonds. The van der Waals surface area contributed by atoms with Crippen LogP contribution in [0.1, 0.15) is 28.4 Å². The van der Waals surface area contributed by atoms with E-state index < -0.39 is 9.84 Å². The van der Waals surface area contributed by atoms with Crippen LogP contribution in [-0.2, 0) is 15.3 Å². The second-order valence-corrected chi connectivity index (χ2v) is 12.1. The number of aryl methyl sites for hydroxylation is 1. The maximum atomic E-state index is 13.5. The van der Waals surface area contributed by atoms with E-state index in [1.807, 2.05) is 10.9 Å². The van der Waals surface area contributed by atoms with Crippen LogP contribution in [0.15, 0.2) is 71.8 Å². The van der Waals surface area contributed by atoms with Gasteiger partial charge in [-0.25, -0.2) is 17.5 Å². The number of carbonyl (C=O) groups excluding carboxylic acids is 1. The van der Waals surface area contributed by atoms with Gasteiger partial charge in [0.1, 0.15) is 5.82 Å². The molecule has 8 heteroatoms. The number of piperidine rings is 1. The van der Waals surface area contributed by atoms with Gasteiger partial charge in [-0.3, -0.25) is 4.79 Å². The summed E-state index contributed by atoms with van der Waals surface area (Å²) >= 11 is 0. The first kappa shape index (κ1) is 22.9. The molecule has 36 heavy (non-hydrogen) atoms. The van der Waals surface area contributed by atoms with E-state index in [2.05, 4.69) is 31.1 Å². The molecule has 0 radical (unpaired) electrons. The lowest BCUT2D eigenvalue weighted by molar-refractivity contribution is 0.0761. The molecule has 3 atom stereocenters. The molecule has 6 rings (SSSR count). The normalized spacial score (nSPS) is 23.2. The van der Waals surface area contributed by atoms with E-state index in [1.165, 1.54) is 23.8 Å². The van der Waals surface area contributed by atoms with Crippen molar-refractivity contribution in [3.05, 3.63) is 89.4 Å². The van der Waals surface area contributed by atoms with E-state index in [9.17, 15) is 17.6 Å². The first-order valence-corrected chi connectivity index (χ1v) is 13.8. The number of fused-ring (bicyclic) bond motifs is 2. The van der Waals surface area contributed by atoms with Crippen LogP contribution in [0.3, 0.4) is 0 Å². The molecule has 4 aromatic rings. The van der Waals surface area contributed by atoms with Crippen LogP contribution in [-0.4, -0.2) is 48.4 Å². The highest BCUT2D eigenvalue weighted by Crippen LogP contribution is 2.64. The molecule has 0 bridgehead atoms. The highest BCUT2D eigenvalue weighted by atomic mass is 32.2. The van der Waals surface area contributed by atoms with Gasteiger partial charge in [0.2, 0.25) is 0 Å². The number of carbonyl (C=O) groups is 1. The Morgan fingerprint density at radius 1 is 1.11 bits per heavy atom. The van der Waals surface area contributed by atoms with Crippen molar-refractivity contribution in [2.75, 3.05) is 19.3 Å². The molecule has 3 aromatic carbocycles. The second kappa shape index (κ2) is 7.74. The Hall–Kier alpha value is -3.52. The molecular formula is C28H26FN3O3S. The van der Waals surface area contributed by atoms with Gasteiger partial charge in [0.05, 0.1) is 27.9 Å². The van der Waals surface area contributed by atoms with E-state index >= 15 is 0 Å². The Labute approximate surface area is 209 Å². The summed E-state index contributed by atoms with van der Waals surface area (Å²) in [5, 5.41) is 5.53. The summed E-state index contributed by atoms with van der Waals surface area (Å²) in [5.74, 6) is 0.198. The number of nitrogens with zero attached hydrogens (tertiary/aromatic N) is 3. The van der Waals surface area contributed by atoms with Crippen LogP contribution >= 0.6 is 0 Å². The van der Waals surface area contributed by atoms with E-state index in [4.69, 9.17) is 0 Å². The van der Waals surface area contributed by atoms with Gasteiger partial charge in [0, 0.05) is 30.1 Å². The Morgan fingerprint density at radius 3 is 2.56 bits per heavy atom. The molecule has 0 spiro atoms. The number of hydrogen-bond donors (Lipinski definition) is 0. The fourth-order valence-corrected chi connectivity index (χ4v) is 7.10. The third-order valence-electron chi connectivity index (χ3n) is 8.13. The topological polar surface area (TPSA) is 72.3 Å². The van der Waals surface area contributed by atoms with E-state index in [0.29, 0.717) is 24.9 Å². The van der Waals surface area contributed by atoms with Gasteiger partial charge in [0.25, 0.3) is 5.91 Å². The lowest BCUT2D eigenvalue weighted by atomic mass is 9.88. The largest absolute Gasteiger partial charge is 0.337 e. The highest BCUT2D eigenvalue weighted by molar-refractivity contribution is 7.90. The fraction of sp³-hybridized carbons (Fsp3) is 0.286. The summed E-state index contributed by atoms with van der Waals surface area (Å²) in [4.78, 5) is 15.3. The average molecular weight is 504 g/mol. The number of halogens is 1. The van der Waals surface area contributed by atoms with E-state index in [1.54, 1.807) is 35.2 Å². The van der Waals surface area contributed by atoms with Crippen molar-refractivity contribution in [3.63, 3.8) is 0 Å². The number of benzene rings is 3. The van der Waals surface area contributed by atoms with E-state index in [0.717, 1.165) is 28.4 Å². The molecule has 1 aromatic heterocycles. The quantitative estimate of drug-likeness (QED) is 0.410. The SMILES string of the molecule is Cc1cc2c(cnn2-c2ccc(F)cc2)cc1[C@@]12CN(C(=O)c3ccccc3S(C)(=O)=O)C[C@@H]1[C@H]2C. The number of likely N-dealkylation sites (tertiary alicyclic amines) is 1. The lowest BCUT2D eigenvalue weighted by Crippen LogP contribution is -2.35. The minimum absolute atomic E-state index is 0.0727. The standard InChI is InChI=1S/C28H26FN3O3S/c1-17-12-25-19(14-30-32(25)21-10-8-20(29)9-11-21)13-23(17)28-16-31(15-24(28)18(28)2)27(33)22-6-4-5-7-26(22)36(3,34)35/h4-14,18,24H,15-16H2,1-3H3/t18-,24-,28+/m1/s1. The first-order valence-electron chi connectivity index (χ1n) is 11.9. The van der Waals surface area contributed by atoms with Crippen molar-refractivity contribution in [2.45, 2.75) is 24.2 Å². The molecule has 2 fully saturated rings. The van der Waals surface area contributed by atoms with Crippen molar-refractivity contribution in [3.8, 4) is 5.69 Å². The fourth-order valence-electron chi connectivity index (χ4n) is 6.22. The molecule has 2 heterocycles. The molecule has 2 aliphatic rings. The second-order valence-electron chi connectivity index (χ2n) is 10.1. The van der Waals surface area contributed by atoms with Gasteiger partial charge in [-0.1, -0.05) is 19.1 Å². The summed E-state index contributed by atoms with van der Waals surface area (Å²) in [6, 6.07) is 17.0. The predicted octanol–water partition coefficient (Wildman–Crippen LogP) is 4.54. The Kier molecular flexibility index (Phi) is 4.92. The minimum Gasteiger partial charge on any atom is -0.337 e. The number of hydrogen-bond acceptors (Lipinski definition) is 4. The highest BCUT2D eigenvalue weighted by Gasteiger charge is 2.68. The Morgan fingerprint density at radius 2 is 1.83 bits per heavy atom. The smallest absolute Gasteiger partial charge is 0.255 e. The van der Waals surface area contributed by atoms with Crippen LogP contribution in [0.25, 0.3) is 16.6 Å². The summed E-state index contributed by atoms with van der Waals surface area (Å²) in [7, 11) is -3.52. The van der Waals surface area contributed by atoms with E-state index in [-0.39, 0.29) is 27.6 Å². The number of aromatic nitrogens is 2. The molecule has 6 nitrogen and oxygen atoms in total. The molecule has 0 N–H and O–H groups in total. The maximum absolute atomic E-state index is 13.5. The Bertz CT molecular complexity index is 1640. The zero-order valence-corrected chi connectivity index (χ0v) is 21.1. The molecule has 184 valence electrons. The molecule has 1 saturated carbocycles. The summed E-state index contributed by atoms with van der Waals surface area (Å²) in [5.41, 5.74) is 4.13. The van der Waals surface area contributed by atoms with Crippen molar-refractivity contribution in [1.29, 1.82) is 0 Å². The molecule has 1 saturated heterocycles. The molecular weight excluding hydrogens is 477 g/mol.